The van der Waals surface area contributed by atoms with Gasteiger partial charge in [0, 0.05) is 36.7 Å². The minimum atomic E-state index is 0.0114. The molecular formula is C20H27N3O2. The van der Waals surface area contributed by atoms with Crippen molar-refractivity contribution >= 4 is 5.91 Å². The van der Waals surface area contributed by atoms with Crippen LogP contribution in [0.3, 0.4) is 0 Å². The summed E-state index contributed by atoms with van der Waals surface area (Å²) < 4.78 is 7.48. The van der Waals surface area contributed by atoms with Crippen LogP contribution in [0.1, 0.15) is 28.2 Å². The van der Waals surface area contributed by atoms with Crippen molar-refractivity contribution in [2.75, 3.05) is 39.4 Å². The van der Waals surface area contributed by atoms with Crippen LogP contribution in [-0.4, -0.2) is 54.8 Å². The molecule has 0 radical (unpaired) electrons. The van der Waals surface area contributed by atoms with Crippen molar-refractivity contribution in [1.82, 2.24) is 14.8 Å². The van der Waals surface area contributed by atoms with Gasteiger partial charge in [0.1, 0.15) is 0 Å². The van der Waals surface area contributed by atoms with E-state index in [-0.39, 0.29) is 5.91 Å². The van der Waals surface area contributed by atoms with Crippen LogP contribution in [0.5, 0.6) is 0 Å². The summed E-state index contributed by atoms with van der Waals surface area (Å²) >= 11 is 0. The number of carbonyl (C=O) groups excluding carboxylic acids is 1. The molecule has 1 aliphatic rings. The molecule has 2 aromatic rings. The Bertz CT molecular complexity index is 703. The highest BCUT2D eigenvalue weighted by atomic mass is 16.5. The van der Waals surface area contributed by atoms with Crippen LogP contribution in [0.2, 0.25) is 0 Å². The summed E-state index contributed by atoms with van der Waals surface area (Å²) in [6.45, 7) is 9.36. The van der Waals surface area contributed by atoms with Crippen LogP contribution in [0.25, 0.3) is 5.69 Å². The lowest BCUT2D eigenvalue weighted by molar-refractivity contribution is 0.0374. The van der Waals surface area contributed by atoms with E-state index in [1.807, 2.05) is 38.1 Å². The van der Waals surface area contributed by atoms with Crippen LogP contribution in [0.4, 0.5) is 0 Å². The monoisotopic (exact) mass is 341 g/mol. The second kappa shape index (κ2) is 8.32. The van der Waals surface area contributed by atoms with Gasteiger partial charge in [0.05, 0.1) is 18.8 Å². The standard InChI is InChI=1S/C20H27N3O2/c1-16-15-19(17(2)23(16)18-7-4-3-5-8-18)20(24)21-9-6-10-22-11-13-25-14-12-22/h3-5,7-8,15H,6,9-14H2,1-2H3,(H,21,24). The van der Waals surface area contributed by atoms with Crippen molar-refractivity contribution < 1.29 is 9.53 Å². The molecule has 3 rings (SSSR count). The molecule has 1 aromatic heterocycles. The molecule has 0 bridgehead atoms. The SMILES string of the molecule is Cc1cc(C(=O)NCCCN2CCOCC2)c(C)n1-c1ccccc1. The summed E-state index contributed by atoms with van der Waals surface area (Å²) in [6, 6.07) is 12.1. The summed E-state index contributed by atoms with van der Waals surface area (Å²) in [5.41, 5.74) is 3.90. The lowest BCUT2D eigenvalue weighted by Gasteiger charge is -2.26. The first kappa shape index (κ1) is 17.7. The van der Waals surface area contributed by atoms with Crippen LogP contribution in [0.15, 0.2) is 36.4 Å². The van der Waals surface area contributed by atoms with Gasteiger partial charge < -0.3 is 14.6 Å². The summed E-state index contributed by atoms with van der Waals surface area (Å²) in [5, 5.41) is 3.06. The van der Waals surface area contributed by atoms with E-state index < -0.39 is 0 Å². The molecule has 134 valence electrons. The Morgan fingerprint density at radius 1 is 1.16 bits per heavy atom. The van der Waals surface area contributed by atoms with Gasteiger partial charge in [-0.1, -0.05) is 18.2 Å². The first-order valence-corrected chi connectivity index (χ1v) is 8.99. The first-order valence-electron chi connectivity index (χ1n) is 8.99. The molecule has 0 spiro atoms. The number of carbonyl (C=O) groups is 1. The number of benzene rings is 1. The molecular weight excluding hydrogens is 314 g/mol. The Hall–Kier alpha value is -2.11. The number of para-hydroxylation sites is 1. The van der Waals surface area contributed by atoms with Crippen molar-refractivity contribution in [3.05, 3.63) is 53.3 Å². The summed E-state index contributed by atoms with van der Waals surface area (Å²) in [4.78, 5) is 14.9. The Kier molecular flexibility index (Phi) is 5.89. The molecule has 5 heteroatoms. The van der Waals surface area contributed by atoms with E-state index in [1.165, 1.54) is 0 Å². The van der Waals surface area contributed by atoms with Crippen molar-refractivity contribution in [2.45, 2.75) is 20.3 Å². The molecule has 0 unspecified atom stereocenters. The number of ether oxygens (including phenoxy) is 1. The molecule has 0 aliphatic carbocycles. The highest BCUT2D eigenvalue weighted by Crippen LogP contribution is 2.20. The minimum Gasteiger partial charge on any atom is -0.379 e. The maximum Gasteiger partial charge on any atom is 0.253 e. The number of aromatic nitrogens is 1. The predicted molar refractivity (Wildman–Crippen MR) is 99.5 cm³/mol. The molecule has 5 nitrogen and oxygen atoms in total. The number of amides is 1. The van der Waals surface area contributed by atoms with Gasteiger partial charge in [0.25, 0.3) is 5.91 Å². The molecule has 1 aromatic carbocycles. The number of rotatable bonds is 6. The average Bonchev–Trinajstić information content (AvgIpc) is 2.94. The molecule has 25 heavy (non-hydrogen) atoms. The zero-order valence-electron chi connectivity index (χ0n) is 15.1. The zero-order chi connectivity index (χ0) is 17.6. The van der Waals surface area contributed by atoms with Gasteiger partial charge in [-0.15, -0.1) is 0 Å². The fraction of sp³-hybridized carbons (Fsp3) is 0.450. The molecule has 1 fully saturated rings. The molecule has 1 amide bonds. The number of aryl methyl sites for hydroxylation is 1. The van der Waals surface area contributed by atoms with Crippen LogP contribution in [-0.2, 0) is 4.74 Å². The van der Waals surface area contributed by atoms with Crippen molar-refractivity contribution in [2.24, 2.45) is 0 Å². The number of hydrogen-bond acceptors (Lipinski definition) is 3. The Morgan fingerprint density at radius 2 is 1.88 bits per heavy atom. The number of nitrogens with zero attached hydrogens (tertiary/aromatic N) is 2. The Labute approximate surface area is 149 Å². The summed E-state index contributed by atoms with van der Waals surface area (Å²) in [6.07, 6.45) is 0.961. The zero-order valence-corrected chi connectivity index (χ0v) is 15.1. The van der Waals surface area contributed by atoms with Crippen LogP contribution in [0, 0.1) is 13.8 Å². The van der Waals surface area contributed by atoms with E-state index in [1.54, 1.807) is 0 Å². The normalized spacial score (nSPS) is 15.3. The predicted octanol–water partition coefficient (Wildman–Crippen LogP) is 2.55. The smallest absolute Gasteiger partial charge is 0.253 e. The molecule has 2 heterocycles. The van der Waals surface area contributed by atoms with Crippen molar-refractivity contribution in [3.63, 3.8) is 0 Å². The van der Waals surface area contributed by atoms with Crippen molar-refractivity contribution in [3.8, 4) is 5.69 Å². The lowest BCUT2D eigenvalue weighted by atomic mass is 10.2. The summed E-state index contributed by atoms with van der Waals surface area (Å²) in [7, 11) is 0. The van der Waals surface area contributed by atoms with E-state index in [0.29, 0.717) is 6.54 Å². The van der Waals surface area contributed by atoms with Gasteiger partial charge in [-0.25, -0.2) is 0 Å². The second-order valence-corrected chi connectivity index (χ2v) is 6.52. The first-order chi connectivity index (χ1) is 12.2. The Balaban J connectivity index is 1.57. The minimum absolute atomic E-state index is 0.0114. The largest absolute Gasteiger partial charge is 0.379 e. The second-order valence-electron chi connectivity index (χ2n) is 6.52. The molecule has 1 saturated heterocycles. The quantitative estimate of drug-likeness (QED) is 0.822. The third-order valence-corrected chi connectivity index (χ3v) is 4.73. The van der Waals surface area contributed by atoms with Gasteiger partial charge in [-0.2, -0.15) is 0 Å². The molecule has 0 atom stereocenters. The van der Waals surface area contributed by atoms with Crippen LogP contribution < -0.4 is 5.32 Å². The van der Waals surface area contributed by atoms with E-state index in [0.717, 1.165) is 61.9 Å². The van der Waals surface area contributed by atoms with Crippen LogP contribution >= 0.6 is 0 Å². The van der Waals surface area contributed by atoms with Gasteiger partial charge in [0.15, 0.2) is 0 Å². The number of hydrogen-bond donors (Lipinski definition) is 1. The van der Waals surface area contributed by atoms with Gasteiger partial charge in [-0.3, -0.25) is 9.69 Å². The van der Waals surface area contributed by atoms with Gasteiger partial charge in [0.2, 0.25) is 0 Å². The Morgan fingerprint density at radius 3 is 2.60 bits per heavy atom. The maximum absolute atomic E-state index is 12.6. The van der Waals surface area contributed by atoms with E-state index >= 15 is 0 Å². The summed E-state index contributed by atoms with van der Waals surface area (Å²) in [5.74, 6) is 0.0114. The number of nitrogens with one attached hydrogen (secondary N) is 1. The molecule has 1 aliphatic heterocycles. The third-order valence-electron chi connectivity index (χ3n) is 4.73. The fourth-order valence-electron chi connectivity index (χ4n) is 3.39. The van der Waals surface area contributed by atoms with E-state index in [9.17, 15) is 4.79 Å². The van der Waals surface area contributed by atoms with E-state index in [2.05, 4.69) is 26.9 Å². The third kappa shape index (κ3) is 4.30. The highest BCUT2D eigenvalue weighted by Gasteiger charge is 2.16. The number of morpholine rings is 1. The fourth-order valence-corrected chi connectivity index (χ4v) is 3.39. The molecule has 1 N–H and O–H groups in total. The van der Waals surface area contributed by atoms with Gasteiger partial charge >= 0.3 is 0 Å². The van der Waals surface area contributed by atoms with E-state index in [4.69, 9.17) is 4.74 Å². The topological polar surface area (TPSA) is 46.5 Å². The van der Waals surface area contributed by atoms with Gasteiger partial charge in [-0.05, 0) is 45.0 Å². The molecule has 0 saturated carbocycles. The highest BCUT2D eigenvalue weighted by molar-refractivity contribution is 5.95. The average molecular weight is 341 g/mol. The van der Waals surface area contributed by atoms with Crippen molar-refractivity contribution in [1.29, 1.82) is 0 Å². The lowest BCUT2D eigenvalue weighted by Crippen LogP contribution is -2.38. The maximum atomic E-state index is 12.6.